The molecule has 0 fully saturated rings. The van der Waals surface area contributed by atoms with Crippen LogP contribution in [0.25, 0.3) is 0 Å². The predicted octanol–water partition coefficient (Wildman–Crippen LogP) is -2.54. The van der Waals surface area contributed by atoms with Gasteiger partial charge in [0.15, 0.2) is 0 Å². The van der Waals surface area contributed by atoms with Gasteiger partial charge < -0.3 is 20.4 Å². The zero-order valence-electron chi connectivity index (χ0n) is 7.67. The fourth-order valence-electron chi connectivity index (χ4n) is 0.930. The van der Waals surface area contributed by atoms with Crippen LogP contribution in [0.3, 0.4) is 0 Å². The first-order valence-corrected chi connectivity index (χ1v) is 4.12. The molecule has 0 amide bonds. The summed E-state index contributed by atoms with van der Waals surface area (Å²) in [6, 6.07) is 0. The zero-order valence-corrected chi connectivity index (χ0v) is 7.67. The second-order valence-corrected chi connectivity index (χ2v) is 3.08. The second-order valence-electron chi connectivity index (χ2n) is 3.08. The first-order chi connectivity index (χ1) is 6.02. The summed E-state index contributed by atoms with van der Waals surface area (Å²) in [6.07, 6.45) is -1.82. The third-order valence-corrected chi connectivity index (χ3v) is 1.71. The number of rotatable bonds is 6. The van der Waals surface area contributed by atoms with E-state index in [1.807, 2.05) is 0 Å². The molecule has 0 aromatic rings. The van der Waals surface area contributed by atoms with Crippen molar-refractivity contribution in [3.05, 3.63) is 0 Å². The molecule has 0 saturated heterocycles. The molecule has 0 spiro atoms. The van der Waals surface area contributed by atoms with Crippen LogP contribution in [0.4, 0.5) is 0 Å². The minimum absolute atomic E-state index is 0.0810. The molecule has 2 atom stereocenters. The van der Waals surface area contributed by atoms with E-state index in [4.69, 9.17) is 21.2 Å². The summed E-state index contributed by atoms with van der Waals surface area (Å²) < 4.78 is 0. The standard InChI is InChI=1S/C7H18N2O4/c1-5(12)2-9(8)7(13)6(3-10)4-11/h5-7,10-13H,2-4,8H2,1H3. The molecular formula is C7H18N2O4. The maximum Gasteiger partial charge on any atom is 0.126 e. The topological polar surface area (TPSA) is 110 Å². The highest BCUT2D eigenvalue weighted by atomic mass is 16.3. The Balaban J connectivity index is 3.98. The Labute approximate surface area is 77.2 Å². The highest BCUT2D eigenvalue weighted by Crippen LogP contribution is 2.04. The van der Waals surface area contributed by atoms with Crippen molar-refractivity contribution >= 4 is 0 Å². The fraction of sp³-hybridized carbons (Fsp3) is 1.00. The van der Waals surface area contributed by atoms with E-state index in [9.17, 15) is 5.11 Å². The van der Waals surface area contributed by atoms with Crippen LogP contribution in [-0.4, -0.2) is 57.5 Å². The van der Waals surface area contributed by atoms with Crippen LogP contribution in [0.1, 0.15) is 6.92 Å². The van der Waals surface area contributed by atoms with Crippen molar-refractivity contribution in [3.8, 4) is 0 Å². The molecule has 0 aromatic carbocycles. The lowest BCUT2D eigenvalue weighted by Crippen LogP contribution is -2.50. The van der Waals surface area contributed by atoms with E-state index in [-0.39, 0.29) is 19.8 Å². The first-order valence-electron chi connectivity index (χ1n) is 4.12. The van der Waals surface area contributed by atoms with Crippen molar-refractivity contribution in [1.29, 1.82) is 0 Å². The van der Waals surface area contributed by atoms with E-state index in [1.165, 1.54) is 6.92 Å². The summed E-state index contributed by atoms with van der Waals surface area (Å²) >= 11 is 0. The fourth-order valence-corrected chi connectivity index (χ4v) is 0.930. The predicted molar refractivity (Wildman–Crippen MR) is 46.2 cm³/mol. The van der Waals surface area contributed by atoms with Crippen LogP contribution in [0, 0.1) is 5.92 Å². The van der Waals surface area contributed by atoms with Crippen LogP contribution in [0.5, 0.6) is 0 Å². The van der Waals surface area contributed by atoms with E-state index < -0.39 is 18.2 Å². The lowest BCUT2D eigenvalue weighted by Gasteiger charge is -2.28. The largest absolute Gasteiger partial charge is 0.396 e. The Hall–Kier alpha value is -0.240. The number of nitrogens with zero attached hydrogens (tertiary/aromatic N) is 1. The Bertz CT molecular complexity index is 130. The molecule has 0 heterocycles. The molecule has 6 heteroatoms. The van der Waals surface area contributed by atoms with Gasteiger partial charge in [-0.25, -0.2) is 5.01 Å². The maximum absolute atomic E-state index is 9.40. The molecule has 0 saturated carbocycles. The SMILES string of the molecule is CC(O)CN(N)C(O)C(CO)CO. The number of hydrogen-bond donors (Lipinski definition) is 5. The minimum Gasteiger partial charge on any atom is -0.396 e. The Kier molecular flexibility index (Phi) is 6.13. The minimum atomic E-state index is -1.15. The number of aliphatic hydroxyl groups is 4. The molecule has 0 radical (unpaired) electrons. The number of nitrogens with two attached hydrogens (primary N) is 1. The summed E-state index contributed by atoms with van der Waals surface area (Å²) in [5.74, 6) is 4.67. The summed E-state index contributed by atoms with van der Waals surface area (Å²) in [4.78, 5) is 0. The molecule has 0 bridgehead atoms. The molecule has 6 N–H and O–H groups in total. The van der Waals surface area contributed by atoms with Crippen molar-refractivity contribution in [2.45, 2.75) is 19.3 Å². The molecule has 2 unspecified atom stereocenters. The van der Waals surface area contributed by atoms with Crippen LogP contribution >= 0.6 is 0 Å². The van der Waals surface area contributed by atoms with Crippen LogP contribution in [0.15, 0.2) is 0 Å². The smallest absolute Gasteiger partial charge is 0.126 e. The van der Waals surface area contributed by atoms with Gasteiger partial charge in [0.2, 0.25) is 0 Å². The van der Waals surface area contributed by atoms with Gasteiger partial charge in [0, 0.05) is 12.5 Å². The van der Waals surface area contributed by atoms with Gasteiger partial charge >= 0.3 is 0 Å². The van der Waals surface area contributed by atoms with E-state index in [0.29, 0.717) is 0 Å². The van der Waals surface area contributed by atoms with E-state index in [1.54, 1.807) is 0 Å². The third kappa shape index (κ3) is 4.51. The van der Waals surface area contributed by atoms with E-state index in [2.05, 4.69) is 0 Å². The Morgan fingerprint density at radius 1 is 1.23 bits per heavy atom. The Morgan fingerprint density at radius 2 is 1.69 bits per heavy atom. The number of hydrazine groups is 1. The van der Waals surface area contributed by atoms with E-state index in [0.717, 1.165) is 5.01 Å². The molecular weight excluding hydrogens is 176 g/mol. The summed E-state index contributed by atoms with van der Waals surface area (Å²) in [5, 5.41) is 36.8. The molecule has 0 aliphatic rings. The Morgan fingerprint density at radius 3 is 2.00 bits per heavy atom. The monoisotopic (exact) mass is 194 g/mol. The van der Waals surface area contributed by atoms with Gasteiger partial charge in [0.25, 0.3) is 0 Å². The quantitative estimate of drug-likeness (QED) is 0.181. The summed E-state index contributed by atoms with van der Waals surface area (Å²) in [7, 11) is 0. The van der Waals surface area contributed by atoms with Crippen molar-refractivity contribution in [2.24, 2.45) is 11.8 Å². The number of aliphatic hydroxyl groups excluding tert-OH is 4. The zero-order chi connectivity index (χ0) is 10.4. The average Bonchev–Trinajstić information content (AvgIpc) is 2.05. The maximum atomic E-state index is 9.40. The van der Waals surface area contributed by atoms with Crippen molar-refractivity contribution in [1.82, 2.24) is 5.01 Å². The molecule has 0 aromatic heterocycles. The molecule has 0 aliphatic heterocycles. The van der Waals surface area contributed by atoms with Crippen molar-refractivity contribution < 1.29 is 20.4 Å². The molecule has 80 valence electrons. The van der Waals surface area contributed by atoms with Gasteiger partial charge in [0.1, 0.15) is 6.23 Å². The van der Waals surface area contributed by atoms with Gasteiger partial charge in [-0.1, -0.05) is 0 Å². The lowest BCUT2D eigenvalue weighted by atomic mass is 10.1. The summed E-state index contributed by atoms with van der Waals surface area (Å²) in [6.45, 7) is 0.896. The van der Waals surface area contributed by atoms with Crippen LogP contribution in [0.2, 0.25) is 0 Å². The molecule has 0 rings (SSSR count). The first kappa shape index (κ1) is 12.8. The van der Waals surface area contributed by atoms with Crippen LogP contribution < -0.4 is 5.84 Å². The van der Waals surface area contributed by atoms with E-state index >= 15 is 0 Å². The second kappa shape index (κ2) is 6.25. The summed E-state index contributed by atoms with van der Waals surface area (Å²) in [5.41, 5.74) is 0. The van der Waals surface area contributed by atoms with Crippen LogP contribution in [-0.2, 0) is 0 Å². The van der Waals surface area contributed by atoms with Crippen molar-refractivity contribution in [3.63, 3.8) is 0 Å². The van der Waals surface area contributed by atoms with Gasteiger partial charge in [-0.3, -0.25) is 5.84 Å². The lowest BCUT2D eigenvalue weighted by molar-refractivity contribution is -0.0835. The highest BCUT2D eigenvalue weighted by Gasteiger charge is 2.22. The highest BCUT2D eigenvalue weighted by molar-refractivity contribution is 4.67. The van der Waals surface area contributed by atoms with Gasteiger partial charge in [-0.2, -0.15) is 0 Å². The van der Waals surface area contributed by atoms with Crippen molar-refractivity contribution in [2.75, 3.05) is 19.8 Å². The molecule has 0 aliphatic carbocycles. The normalized spacial score (nSPS) is 16.6. The molecule has 6 nitrogen and oxygen atoms in total. The average molecular weight is 194 g/mol. The third-order valence-electron chi connectivity index (χ3n) is 1.71. The van der Waals surface area contributed by atoms with Gasteiger partial charge in [-0.05, 0) is 6.92 Å². The van der Waals surface area contributed by atoms with Gasteiger partial charge in [0.05, 0.1) is 19.3 Å². The number of hydrogen-bond acceptors (Lipinski definition) is 6. The van der Waals surface area contributed by atoms with Gasteiger partial charge in [-0.15, -0.1) is 0 Å². The molecule has 13 heavy (non-hydrogen) atoms.